The summed E-state index contributed by atoms with van der Waals surface area (Å²) in [6, 6.07) is 0. The van der Waals surface area contributed by atoms with Gasteiger partial charge in [-0.25, -0.2) is 9.59 Å². The van der Waals surface area contributed by atoms with E-state index in [-0.39, 0.29) is 34.6 Å². The minimum atomic E-state index is -0.718. The molecule has 0 amide bonds. The second-order valence-electron chi connectivity index (χ2n) is 7.13. The normalized spacial score (nSPS) is 10.6. The summed E-state index contributed by atoms with van der Waals surface area (Å²) in [6.07, 6.45) is 0.118. The van der Waals surface area contributed by atoms with Crippen molar-refractivity contribution in [3.8, 4) is 23.0 Å². The van der Waals surface area contributed by atoms with Crippen LogP contribution in [0.15, 0.2) is 0 Å². The van der Waals surface area contributed by atoms with Crippen LogP contribution in [0.1, 0.15) is 54.1 Å². The maximum absolute atomic E-state index is 12.5. The van der Waals surface area contributed by atoms with Crippen LogP contribution in [0.3, 0.4) is 0 Å². The highest BCUT2D eigenvalue weighted by Crippen LogP contribution is 2.43. The quantitative estimate of drug-likeness (QED) is 0.667. The minimum absolute atomic E-state index is 0.0251. The first-order valence-corrected chi connectivity index (χ1v) is 9.51. The molecule has 8 nitrogen and oxygen atoms in total. The Morgan fingerprint density at radius 2 is 1.13 bits per heavy atom. The third kappa shape index (κ3) is 3.85. The molecule has 0 heterocycles. The molecule has 0 unspecified atom stereocenters. The van der Waals surface area contributed by atoms with E-state index in [0.29, 0.717) is 39.3 Å². The topological polar surface area (TPSA) is 112 Å². The highest BCUT2D eigenvalue weighted by atomic mass is 16.5. The summed E-state index contributed by atoms with van der Waals surface area (Å²) >= 11 is 0. The number of esters is 2. The van der Waals surface area contributed by atoms with E-state index in [1.54, 1.807) is 20.8 Å². The van der Waals surface area contributed by atoms with Gasteiger partial charge in [-0.05, 0) is 38.8 Å². The van der Waals surface area contributed by atoms with Gasteiger partial charge in [0.15, 0.2) is 0 Å². The maximum atomic E-state index is 12.5. The van der Waals surface area contributed by atoms with Gasteiger partial charge in [0.2, 0.25) is 0 Å². The van der Waals surface area contributed by atoms with E-state index in [1.807, 2.05) is 0 Å². The van der Waals surface area contributed by atoms with E-state index in [2.05, 4.69) is 0 Å². The summed E-state index contributed by atoms with van der Waals surface area (Å²) < 4.78 is 20.8. The van der Waals surface area contributed by atoms with Crippen LogP contribution in [0.2, 0.25) is 0 Å². The lowest BCUT2D eigenvalue weighted by Crippen LogP contribution is -2.13. The van der Waals surface area contributed by atoms with Crippen molar-refractivity contribution in [2.45, 2.75) is 34.1 Å². The van der Waals surface area contributed by atoms with E-state index >= 15 is 0 Å². The Morgan fingerprint density at radius 3 is 1.61 bits per heavy atom. The molecule has 0 aliphatic heterocycles. The van der Waals surface area contributed by atoms with E-state index < -0.39 is 11.9 Å². The van der Waals surface area contributed by atoms with Gasteiger partial charge in [-0.3, -0.25) is 0 Å². The molecule has 2 aromatic rings. The first-order valence-electron chi connectivity index (χ1n) is 9.51. The molecule has 31 heavy (non-hydrogen) atoms. The fraction of sp³-hybridized carbons (Fsp3) is 0.391. The zero-order valence-corrected chi connectivity index (χ0v) is 19.1. The number of benzene rings is 2. The SMILES string of the molecule is COC(=O)c1c(C)c(Cc2c(C)c(C(=O)OC)c(OC)c(C)c2OC)c(O)c(C)c1O. The first-order chi connectivity index (χ1) is 14.6. The maximum Gasteiger partial charge on any atom is 0.341 e. The number of phenols is 2. The summed E-state index contributed by atoms with van der Waals surface area (Å²) in [5, 5.41) is 21.2. The lowest BCUT2D eigenvalue weighted by atomic mass is 9.87. The van der Waals surface area contributed by atoms with E-state index in [9.17, 15) is 19.8 Å². The zero-order valence-electron chi connectivity index (χ0n) is 19.1. The molecule has 8 heteroatoms. The highest BCUT2D eigenvalue weighted by molar-refractivity contribution is 5.97. The van der Waals surface area contributed by atoms with Gasteiger partial charge in [-0.15, -0.1) is 0 Å². The number of hydrogen-bond acceptors (Lipinski definition) is 8. The molecular formula is C23H28O8. The third-order valence-corrected chi connectivity index (χ3v) is 5.61. The molecule has 0 aromatic heterocycles. The second kappa shape index (κ2) is 9.16. The number of aromatic hydroxyl groups is 2. The van der Waals surface area contributed by atoms with Crippen molar-refractivity contribution in [3.05, 3.63) is 44.5 Å². The van der Waals surface area contributed by atoms with E-state index in [0.717, 1.165) is 0 Å². The van der Waals surface area contributed by atoms with Gasteiger partial charge < -0.3 is 29.2 Å². The average molecular weight is 432 g/mol. The Labute approximate surface area is 181 Å². The lowest BCUT2D eigenvalue weighted by Gasteiger charge is -2.23. The molecule has 2 N–H and O–H groups in total. The van der Waals surface area contributed by atoms with Crippen molar-refractivity contribution < 1.29 is 38.7 Å². The number of ether oxygens (including phenoxy) is 4. The fourth-order valence-electron chi connectivity index (χ4n) is 3.88. The van der Waals surface area contributed by atoms with Crippen molar-refractivity contribution >= 4 is 11.9 Å². The minimum Gasteiger partial charge on any atom is -0.507 e. The summed E-state index contributed by atoms with van der Waals surface area (Å²) in [5.74, 6) is -0.967. The molecule has 0 saturated carbocycles. The number of methoxy groups -OCH3 is 4. The Bertz CT molecular complexity index is 1050. The largest absolute Gasteiger partial charge is 0.507 e. The van der Waals surface area contributed by atoms with Crippen molar-refractivity contribution in [1.29, 1.82) is 0 Å². The van der Waals surface area contributed by atoms with Crippen LogP contribution in [0.4, 0.5) is 0 Å². The van der Waals surface area contributed by atoms with Crippen LogP contribution in [-0.4, -0.2) is 50.6 Å². The van der Waals surface area contributed by atoms with Crippen LogP contribution in [0.5, 0.6) is 23.0 Å². The Morgan fingerprint density at radius 1 is 0.645 bits per heavy atom. The number of rotatable bonds is 6. The Hall–Kier alpha value is -3.42. The van der Waals surface area contributed by atoms with Crippen LogP contribution < -0.4 is 9.47 Å². The predicted octanol–water partition coefficient (Wildman–Crippen LogP) is 3.51. The van der Waals surface area contributed by atoms with E-state index in [1.165, 1.54) is 35.4 Å². The molecule has 0 radical (unpaired) electrons. The smallest absolute Gasteiger partial charge is 0.341 e. The van der Waals surface area contributed by atoms with Crippen molar-refractivity contribution in [2.75, 3.05) is 28.4 Å². The fourth-order valence-corrected chi connectivity index (χ4v) is 3.88. The molecule has 0 saturated heterocycles. The van der Waals surface area contributed by atoms with Gasteiger partial charge in [0.1, 0.15) is 34.1 Å². The standard InChI is InChI=1S/C23H28O8/c1-10-14(18(24)12(3)19(25)16(10)22(26)30-7)9-15-11(2)17(23(27)31-8)21(29-6)13(4)20(15)28-5/h24-25H,9H2,1-8H3. The van der Waals surface area contributed by atoms with Crippen molar-refractivity contribution in [3.63, 3.8) is 0 Å². The Kier molecular flexibility index (Phi) is 7.05. The summed E-state index contributed by atoms with van der Waals surface area (Å²) in [6.45, 7) is 6.60. The van der Waals surface area contributed by atoms with Crippen LogP contribution in [0.25, 0.3) is 0 Å². The first kappa shape index (κ1) is 23.9. The monoisotopic (exact) mass is 432 g/mol. The van der Waals surface area contributed by atoms with Gasteiger partial charge in [-0.2, -0.15) is 0 Å². The second-order valence-corrected chi connectivity index (χ2v) is 7.13. The van der Waals surface area contributed by atoms with Crippen LogP contribution >= 0.6 is 0 Å². The number of carbonyl (C=O) groups is 2. The van der Waals surface area contributed by atoms with Crippen molar-refractivity contribution in [2.24, 2.45) is 0 Å². The van der Waals surface area contributed by atoms with Gasteiger partial charge >= 0.3 is 11.9 Å². The lowest BCUT2D eigenvalue weighted by molar-refractivity contribution is 0.0586. The molecule has 0 bridgehead atoms. The molecule has 0 fully saturated rings. The van der Waals surface area contributed by atoms with Crippen LogP contribution in [-0.2, 0) is 15.9 Å². The van der Waals surface area contributed by atoms with Gasteiger partial charge in [0, 0.05) is 28.7 Å². The van der Waals surface area contributed by atoms with Gasteiger partial charge in [0.05, 0.1) is 28.4 Å². The summed E-state index contributed by atoms with van der Waals surface area (Å²) in [7, 11) is 5.45. The molecule has 2 aromatic carbocycles. The van der Waals surface area contributed by atoms with Gasteiger partial charge in [0.25, 0.3) is 0 Å². The number of phenolic OH excluding ortho intramolecular Hbond substituents is 2. The van der Waals surface area contributed by atoms with Crippen LogP contribution in [0, 0.1) is 27.7 Å². The predicted molar refractivity (Wildman–Crippen MR) is 114 cm³/mol. The Balaban J connectivity index is 2.89. The molecule has 168 valence electrons. The third-order valence-electron chi connectivity index (χ3n) is 5.61. The van der Waals surface area contributed by atoms with E-state index in [4.69, 9.17) is 18.9 Å². The van der Waals surface area contributed by atoms with Crippen molar-refractivity contribution in [1.82, 2.24) is 0 Å². The highest BCUT2D eigenvalue weighted by Gasteiger charge is 2.29. The molecule has 0 aliphatic rings. The molecule has 0 atom stereocenters. The summed E-state index contributed by atoms with van der Waals surface area (Å²) in [4.78, 5) is 24.8. The van der Waals surface area contributed by atoms with Gasteiger partial charge in [-0.1, -0.05) is 0 Å². The molecule has 0 aliphatic carbocycles. The summed E-state index contributed by atoms with van der Waals surface area (Å²) in [5.41, 5.74) is 2.89. The molecule has 2 rings (SSSR count). The zero-order chi connectivity index (χ0) is 23.6. The molecule has 0 spiro atoms. The number of hydrogen-bond donors (Lipinski definition) is 2. The average Bonchev–Trinajstić information content (AvgIpc) is 2.76. The number of carbonyl (C=O) groups excluding carboxylic acids is 2. The molecular weight excluding hydrogens is 404 g/mol.